The first-order chi connectivity index (χ1) is 9.24. The zero-order valence-electron chi connectivity index (χ0n) is 11.3. The maximum absolute atomic E-state index is 11.8. The highest BCUT2D eigenvalue weighted by Gasteiger charge is 2.14. The summed E-state index contributed by atoms with van der Waals surface area (Å²) in [7, 11) is 0. The Bertz CT molecular complexity index is 396. The largest absolute Gasteiger partial charge is 0.352 e. The van der Waals surface area contributed by atoms with Crippen LogP contribution in [0.4, 0.5) is 0 Å². The smallest absolute Gasteiger partial charge is 0.220 e. The Morgan fingerprint density at radius 3 is 2.53 bits per heavy atom. The minimum Gasteiger partial charge on any atom is -0.352 e. The Balaban J connectivity index is 1.65. The minimum atomic E-state index is 0.167. The van der Waals surface area contributed by atoms with Crippen molar-refractivity contribution in [2.24, 2.45) is 5.92 Å². The third-order valence-electron chi connectivity index (χ3n) is 3.91. The molecule has 1 aliphatic carbocycles. The van der Waals surface area contributed by atoms with E-state index in [-0.39, 0.29) is 5.91 Å². The molecule has 1 aromatic carbocycles. The van der Waals surface area contributed by atoms with Crippen molar-refractivity contribution in [3.63, 3.8) is 0 Å². The molecule has 1 aromatic rings. The van der Waals surface area contributed by atoms with Crippen molar-refractivity contribution in [3.8, 4) is 0 Å². The predicted molar refractivity (Wildman–Crippen MR) is 79.1 cm³/mol. The number of amides is 1. The van der Waals surface area contributed by atoms with Gasteiger partial charge in [0, 0.05) is 18.0 Å². The summed E-state index contributed by atoms with van der Waals surface area (Å²) in [6.07, 6.45) is 8.40. The molecule has 1 aliphatic rings. The van der Waals surface area contributed by atoms with Crippen LogP contribution < -0.4 is 5.32 Å². The Morgan fingerprint density at radius 1 is 1.16 bits per heavy atom. The van der Waals surface area contributed by atoms with Crippen LogP contribution in [0.2, 0.25) is 5.02 Å². The highest BCUT2D eigenvalue weighted by Crippen LogP contribution is 2.27. The molecule has 1 amide bonds. The zero-order valence-corrected chi connectivity index (χ0v) is 12.1. The van der Waals surface area contributed by atoms with E-state index in [0.29, 0.717) is 13.0 Å². The Morgan fingerprint density at radius 2 is 1.84 bits per heavy atom. The summed E-state index contributed by atoms with van der Waals surface area (Å²) in [6.45, 7) is 0.598. The molecule has 2 nitrogen and oxygen atoms in total. The lowest BCUT2D eigenvalue weighted by Gasteiger charge is -2.20. The molecule has 0 unspecified atom stereocenters. The number of halogens is 1. The van der Waals surface area contributed by atoms with Gasteiger partial charge in [-0.2, -0.15) is 0 Å². The van der Waals surface area contributed by atoms with Gasteiger partial charge in [-0.3, -0.25) is 4.79 Å². The SMILES string of the molecule is O=C(CCC1CCCCC1)NCc1ccc(Cl)cc1. The molecule has 0 aliphatic heterocycles. The first-order valence-corrected chi connectivity index (χ1v) is 7.63. The molecular weight excluding hydrogens is 258 g/mol. The fourth-order valence-electron chi connectivity index (χ4n) is 2.70. The topological polar surface area (TPSA) is 29.1 Å². The van der Waals surface area contributed by atoms with Gasteiger partial charge in [0.05, 0.1) is 0 Å². The van der Waals surface area contributed by atoms with Crippen molar-refractivity contribution in [2.75, 3.05) is 0 Å². The van der Waals surface area contributed by atoms with Gasteiger partial charge >= 0.3 is 0 Å². The molecule has 0 aromatic heterocycles. The third-order valence-corrected chi connectivity index (χ3v) is 4.16. The first-order valence-electron chi connectivity index (χ1n) is 7.25. The normalized spacial score (nSPS) is 16.3. The lowest BCUT2D eigenvalue weighted by Crippen LogP contribution is -2.23. The summed E-state index contributed by atoms with van der Waals surface area (Å²) in [5, 5.41) is 3.71. The number of nitrogens with one attached hydrogen (secondary N) is 1. The van der Waals surface area contributed by atoms with Crippen molar-refractivity contribution in [1.82, 2.24) is 5.32 Å². The fourth-order valence-corrected chi connectivity index (χ4v) is 2.83. The van der Waals surface area contributed by atoms with Crippen molar-refractivity contribution in [2.45, 2.75) is 51.5 Å². The summed E-state index contributed by atoms with van der Waals surface area (Å²) < 4.78 is 0. The van der Waals surface area contributed by atoms with E-state index in [4.69, 9.17) is 11.6 Å². The highest BCUT2D eigenvalue weighted by molar-refractivity contribution is 6.30. The van der Waals surface area contributed by atoms with Crippen LogP contribution >= 0.6 is 11.6 Å². The predicted octanol–water partition coefficient (Wildman–Crippen LogP) is 4.32. The molecule has 0 spiro atoms. The van der Waals surface area contributed by atoms with Gasteiger partial charge in [-0.25, -0.2) is 0 Å². The second-order valence-corrected chi connectivity index (χ2v) is 5.88. The monoisotopic (exact) mass is 279 g/mol. The lowest BCUT2D eigenvalue weighted by molar-refractivity contribution is -0.121. The van der Waals surface area contributed by atoms with Crippen LogP contribution in [0, 0.1) is 5.92 Å². The molecule has 0 bridgehead atoms. The van der Waals surface area contributed by atoms with Gasteiger partial charge in [0.25, 0.3) is 0 Å². The van der Waals surface area contributed by atoms with E-state index in [1.54, 1.807) is 0 Å². The maximum atomic E-state index is 11.8. The third kappa shape index (κ3) is 5.23. The second kappa shape index (κ2) is 7.54. The van der Waals surface area contributed by atoms with Gasteiger partial charge in [0.1, 0.15) is 0 Å². The minimum absolute atomic E-state index is 0.167. The quantitative estimate of drug-likeness (QED) is 0.855. The standard InChI is InChI=1S/C16H22ClNO/c17-15-9-6-14(7-10-15)12-18-16(19)11-8-13-4-2-1-3-5-13/h6-7,9-10,13H,1-5,8,11-12H2,(H,18,19). The molecule has 0 radical (unpaired) electrons. The van der Waals surface area contributed by atoms with E-state index in [2.05, 4.69) is 5.32 Å². The van der Waals surface area contributed by atoms with Crippen LogP contribution in [0.15, 0.2) is 24.3 Å². The van der Waals surface area contributed by atoms with Gasteiger partial charge in [-0.1, -0.05) is 55.8 Å². The van der Waals surface area contributed by atoms with Gasteiger partial charge in [-0.15, -0.1) is 0 Å². The van der Waals surface area contributed by atoms with Crippen LogP contribution in [0.5, 0.6) is 0 Å². The van der Waals surface area contributed by atoms with Gasteiger partial charge in [0.2, 0.25) is 5.91 Å². The highest BCUT2D eigenvalue weighted by atomic mass is 35.5. The van der Waals surface area contributed by atoms with E-state index in [1.165, 1.54) is 32.1 Å². The van der Waals surface area contributed by atoms with Gasteiger partial charge < -0.3 is 5.32 Å². The van der Waals surface area contributed by atoms with Gasteiger partial charge in [-0.05, 0) is 30.0 Å². The molecule has 1 N–H and O–H groups in total. The van der Waals surface area contributed by atoms with Crippen molar-refractivity contribution in [3.05, 3.63) is 34.9 Å². The van der Waals surface area contributed by atoms with Crippen molar-refractivity contribution in [1.29, 1.82) is 0 Å². The molecule has 1 fully saturated rings. The molecule has 1 saturated carbocycles. The molecule has 0 saturated heterocycles. The van der Waals surface area contributed by atoms with E-state index in [1.807, 2.05) is 24.3 Å². The number of rotatable bonds is 5. The number of hydrogen-bond acceptors (Lipinski definition) is 1. The second-order valence-electron chi connectivity index (χ2n) is 5.45. The summed E-state index contributed by atoms with van der Waals surface area (Å²) >= 11 is 5.82. The number of carbonyl (C=O) groups excluding carboxylic acids is 1. The molecular formula is C16H22ClNO. The van der Waals surface area contributed by atoms with Crippen molar-refractivity contribution < 1.29 is 4.79 Å². The van der Waals surface area contributed by atoms with E-state index >= 15 is 0 Å². The molecule has 2 rings (SSSR count). The molecule has 0 atom stereocenters. The number of carbonyl (C=O) groups is 1. The lowest BCUT2D eigenvalue weighted by atomic mass is 9.86. The summed E-state index contributed by atoms with van der Waals surface area (Å²) in [5.74, 6) is 0.940. The van der Waals surface area contributed by atoms with Crippen LogP contribution in [-0.4, -0.2) is 5.91 Å². The maximum Gasteiger partial charge on any atom is 0.220 e. The summed E-state index contributed by atoms with van der Waals surface area (Å²) in [5.41, 5.74) is 1.09. The van der Waals surface area contributed by atoms with E-state index in [0.717, 1.165) is 22.9 Å². The summed E-state index contributed by atoms with van der Waals surface area (Å²) in [4.78, 5) is 11.8. The Labute approximate surface area is 120 Å². The molecule has 104 valence electrons. The van der Waals surface area contributed by atoms with E-state index in [9.17, 15) is 4.79 Å². The van der Waals surface area contributed by atoms with Crippen molar-refractivity contribution >= 4 is 17.5 Å². The van der Waals surface area contributed by atoms with Crippen LogP contribution in [-0.2, 0) is 11.3 Å². The first kappa shape index (κ1) is 14.4. The summed E-state index contributed by atoms with van der Waals surface area (Å²) in [6, 6.07) is 7.60. The molecule has 0 heterocycles. The van der Waals surface area contributed by atoms with Crippen LogP contribution in [0.3, 0.4) is 0 Å². The number of hydrogen-bond donors (Lipinski definition) is 1. The fraction of sp³-hybridized carbons (Fsp3) is 0.562. The Hall–Kier alpha value is -1.02. The molecule has 3 heteroatoms. The average Bonchev–Trinajstić information content (AvgIpc) is 2.45. The van der Waals surface area contributed by atoms with Crippen LogP contribution in [0.25, 0.3) is 0 Å². The number of benzene rings is 1. The Kier molecular flexibility index (Phi) is 5.71. The average molecular weight is 280 g/mol. The van der Waals surface area contributed by atoms with Crippen LogP contribution in [0.1, 0.15) is 50.5 Å². The molecule has 19 heavy (non-hydrogen) atoms. The zero-order chi connectivity index (χ0) is 13.5. The van der Waals surface area contributed by atoms with E-state index < -0.39 is 0 Å². The van der Waals surface area contributed by atoms with Gasteiger partial charge in [0.15, 0.2) is 0 Å².